The van der Waals surface area contributed by atoms with Gasteiger partial charge in [0.15, 0.2) is 0 Å². The minimum Gasteiger partial charge on any atom is -0.487 e. The van der Waals surface area contributed by atoms with Gasteiger partial charge in [-0.3, -0.25) is 9.10 Å². The Balaban J connectivity index is 1.90. The number of ether oxygens (including phenoxy) is 1. The summed E-state index contributed by atoms with van der Waals surface area (Å²) in [7, 11) is -3.66. The van der Waals surface area contributed by atoms with Crippen LogP contribution in [0.3, 0.4) is 0 Å². The molecule has 0 spiro atoms. The maximum absolute atomic E-state index is 13.3. The van der Waals surface area contributed by atoms with Crippen molar-refractivity contribution < 1.29 is 17.9 Å². The summed E-state index contributed by atoms with van der Waals surface area (Å²) in [4.78, 5) is 13.3. The summed E-state index contributed by atoms with van der Waals surface area (Å²) in [5.74, 6) is 0.433. The molecule has 0 unspecified atom stereocenters. The first-order valence-corrected chi connectivity index (χ1v) is 12.6. The normalized spacial score (nSPS) is 18.4. The highest BCUT2D eigenvalue weighted by Crippen LogP contribution is 2.42. The second-order valence-electron chi connectivity index (χ2n) is 8.37. The molecule has 3 rings (SSSR count). The zero-order chi connectivity index (χ0) is 22.8. The number of sulfonamides is 1. The monoisotopic (exact) mass is 444 g/mol. The van der Waals surface area contributed by atoms with Gasteiger partial charge in [-0.2, -0.15) is 0 Å². The van der Waals surface area contributed by atoms with Crippen molar-refractivity contribution in [2.45, 2.75) is 64.6 Å². The maximum atomic E-state index is 13.3. The van der Waals surface area contributed by atoms with E-state index in [-0.39, 0.29) is 17.6 Å². The van der Waals surface area contributed by atoms with Gasteiger partial charge >= 0.3 is 0 Å². The van der Waals surface area contributed by atoms with Crippen molar-refractivity contribution in [3.05, 3.63) is 59.7 Å². The molecule has 0 aliphatic carbocycles. The number of amides is 1. The molecule has 0 radical (unpaired) electrons. The number of nitrogens with one attached hydrogen (secondary N) is 1. The van der Waals surface area contributed by atoms with Gasteiger partial charge in [0, 0.05) is 12.0 Å². The van der Waals surface area contributed by atoms with Crippen LogP contribution >= 0.6 is 0 Å². The number of benzene rings is 2. The Kier molecular flexibility index (Phi) is 6.65. The smallest absolute Gasteiger partial charge is 0.244 e. The molecule has 0 saturated heterocycles. The molecule has 1 aliphatic heterocycles. The van der Waals surface area contributed by atoms with E-state index in [0.29, 0.717) is 12.1 Å². The van der Waals surface area contributed by atoms with Gasteiger partial charge in [-0.25, -0.2) is 8.42 Å². The number of para-hydroxylation sites is 1. The Bertz CT molecular complexity index is 1030. The van der Waals surface area contributed by atoms with E-state index in [4.69, 9.17) is 4.74 Å². The number of hydrogen-bond acceptors (Lipinski definition) is 4. The molecule has 0 fully saturated rings. The summed E-state index contributed by atoms with van der Waals surface area (Å²) in [6, 6.07) is 13.7. The van der Waals surface area contributed by atoms with E-state index in [1.165, 1.54) is 4.31 Å². The molecule has 6 nitrogen and oxygen atoms in total. The maximum Gasteiger partial charge on any atom is 0.244 e. The molecular weight excluding hydrogens is 412 g/mol. The Labute approximate surface area is 185 Å². The van der Waals surface area contributed by atoms with E-state index >= 15 is 0 Å². The molecule has 1 amide bonds. The first-order chi connectivity index (χ1) is 14.6. The van der Waals surface area contributed by atoms with Crippen LogP contribution in [0.2, 0.25) is 0 Å². The molecule has 0 bridgehead atoms. The van der Waals surface area contributed by atoms with Gasteiger partial charge in [0.2, 0.25) is 15.9 Å². The van der Waals surface area contributed by atoms with Crippen LogP contribution in [0.1, 0.15) is 57.2 Å². The van der Waals surface area contributed by atoms with Crippen molar-refractivity contribution in [3.63, 3.8) is 0 Å². The van der Waals surface area contributed by atoms with Crippen molar-refractivity contribution in [1.82, 2.24) is 5.32 Å². The number of rotatable bonds is 7. The van der Waals surface area contributed by atoms with Gasteiger partial charge in [0.25, 0.3) is 0 Å². The van der Waals surface area contributed by atoms with E-state index in [0.717, 1.165) is 36.0 Å². The lowest BCUT2D eigenvalue weighted by Crippen LogP contribution is -2.51. The number of carbonyl (C=O) groups is 1. The van der Waals surface area contributed by atoms with Crippen LogP contribution in [0.25, 0.3) is 0 Å². The first kappa shape index (κ1) is 23.1. The third-order valence-electron chi connectivity index (χ3n) is 6.18. The molecule has 0 saturated carbocycles. The standard InChI is InChI=1S/C24H32N2O4S/c1-6-24(7-2)16-21(20-10-8-9-11-22(20)30-24)25-23(27)18(4)26(31(5,28)29)19-14-12-17(3)13-15-19/h8-15,18,21H,6-7,16H2,1-5H3,(H,25,27)/t18-,21-/m1/s1. The number of nitrogens with zero attached hydrogens (tertiary/aromatic N) is 1. The van der Waals surface area contributed by atoms with E-state index in [1.54, 1.807) is 19.1 Å². The molecule has 1 heterocycles. The van der Waals surface area contributed by atoms with Gasteiger partial charge in [-0.15, -0.1) is 0 Å². The van der Waals surface area contributed by atoms with Crippen molar-refractivity contribution in [3.8, 4) is 5.75 Å². The number of aryl methyl sites for hydroxylation is 1. The van der Waals surface area contributed by atoms with Crippen molar-refractivity contribution in [1.29, 1.82) is 0 Å². The highest BCUT2D eigenvalue weighted by molar-refractivity contribution is 7.92. The lowest BCUT2D eigenvalue weighted by molar-refractivity contribution is -0.123. The molecular formula is C24H32N2O4S. The van der Waals surface area contributed by atoms with Gasteiger partial charge in [-0.05, 0) is 44.9 Å². The topological polar surface area (TPSA) is 75.7 Å². The van der Waals surface area contributed by atoms with Crippen LogP contribution in [0.4, 0.5) is 5.69 Å². The molecule has 7 heteroatoms. The number of fused-ring (bicyclic) bond motifs is 1. The van der Waals surface area contributed by atoms with Crippen molar-refractivity contribution >= 4 is 21.6 Å². The summed E-state index contributed by atoms with van der Waals surface area (Å²) in [6.07, 6.45) is 3.40. The molecule has 31 heavy (non-hydrogen) atoms. The third-order valence-corrected chi connectivity index (χ3v) is 7.42. The highest BCUT2D eigenvalue weighted by Gasteiger charge is 2.40. The predicted molar refractivity (Wildman–Crippen MR) is 124 cm³/mol. The number of hydrogen-bond donors (Lipinski definition) is 1. The fourth-order valence-corrected chi connectivity index (χ4v) is 5.40. The van der Waals surface area contributed by atoms with E-state index in [9.17, 15) is 13.2 Å². The van der Waals surface area contributed by atoms with E-state index in [1.807, 2.05) is 43.3 Å². The van der Waals surface area contributed by atoms with Crippen molar-refractivity contribution in [2.24, 2.45) is 0 Å². The van der Waals surface area contributed by atoms with Gasteiger partial charge in [0.05, 0.1) is 18.0 Å². The number of anilines is 1. The average molecular weight is 445 g/mol. The molecule has 168 valence electrons. The Morgan fingerprint density at radius 2 is 1.77 bits per heavy atom. The Morgan fingerprint density at radius 1 is 1.16 bits per heavy atom. The quantitative estimate of drug-likeness (QED) is 0.689. The summed E-state index contributed by atoms with van der Waals surface area (Å²) in [5.41, 5.74) is 2.05. The fraction of sp³-hybridized carbons (Fsp3) is 0.458. The molecule has 2 aromatic rings. The minimum atomic E-state index is -3.66. The largest absolute Gasteiger partial charge is 0.487 e. The second kappa shape index (κ2) is 8.91. The summed E-state index contributed by atoms with van der Waals surface area (Å²) in [5, 5.41) is 3.11. The van der Waals surface area contributed by atoms with Crippen LogP contribution in [0.5, 0.6) is 5.75 Å². The fourth-order valence-electron chi connectivity index (χ4n) is 4.22. The van der Waals surface area contributed by atoms with Crippen LogP contribution in [-0.2, 0) is 14.8 Å². The highest BCUT2D eigenvalue weighted by atomic mass is 32.2. The Morgan fingerprint density at radius 3 is 2.35 bits per heavy atom. The SMILES string of the molecule is CCC1(CC)C[C@@H](NC(=O)[C@@H](C)N(c2ccc(C)cc2)S(C)(=O)=O)c2ccccc2O1. The zero-order valence-corrected chi connectivity index (χ0v) is 19.7. The molecule has 2 aromatic carbocycles. The second-order valence-corrected chi connectivity index (χ2v) is 10.2. The van der Waals surface area contributed by atoms with Gasteiger partial charge < -0.3 is 10.1 Å². The minimum absolute atomic E-state index is 0.251. The van der Waals surface area contributed by atoms with Crippen LogP contribution in [-0.4, -0.2) is 32.2 Å². The van der Waals surface area contributed by atoms with Crippen LogP contribution in [0.15, 0.2) is 48.5 Å². The zero-order valence-electron chi connectivity index (χ0n) is 18.9. The number of carbonyl (C=O) groups excluding carboxylic acids is 1. The molecule has 0 aromatic heterocycles. The lowest BCUT2D eigenvalue weighted by Gasteiger charge is -2.42. The first-order valence-electron chi connectivity index (χ1n) is 10.7. The molecule has 1 aliphatic rings. The summed E-state index contributed by atoms with van der Waals surface area (Å²) < 4.78 is 32.6. The van der Waals surface area contributed by atoms with Crippen molar-refractivity contribution in [2.75, 3.05) is 10.6 Å². The van der Waals surface area contributed by atoms with E-state index in [2.05, 4.69) is 19.2 Å². The summed E-state index contributed by atoms with van der Waals surface area (Å²) >= 11 is 0. The predicted octanol–water partition coefficient (Wildman–Crippen LogP) is 4.35. The average Bonchev–Trinajstić information content (AvgIpc) is 2.74. The van der Waals surface area contributed by atoms with Crippen LogP contribution < -0.4 is 14.4 Å². The molecule has 1 N–H and O–H groups in total. The third kappa shape index (κ3) is 4.87. The lowest BCUT2D eigenvalue weighted by atomic mass is 9.83. The summed E-state index contributed by atoms with van der Waals surface area (Å²) in [6.45, 7) is 7.72. The van der Waals surface area contributed by atoms with E-state index < -0.39 is 16.1 Å². The van der Waals surface area contributed by atoms with Crippen LogP contribution in [0, 0.1) is 6.92 Å². The molecule has 2 atom stereocenters. The van der Waals surface area contributed by atoms with Gasteiger partial charge in [0.1, 0.15) is 17.4 Å². The van der Waals surface area contributed by atoms with Gasteiger partial charge in [-0.1, -0.05) is 49.7 Å². The Hall–Kier alpha value is -2.54.